The summed E-state index contributed by atoms with van der Waals surface area (Å²) in [5, 5.41) is 0.660. The third kappa shape index (κ3) is 3.59. The number of hydrogen-bond donors (Lipinski definition) is 0. The fraction of sp³-hybridized carbons (Fsp3) is 0.364. The molecule has 140 valence electrons. The highest BCUT2D eigenvalue weighted by atomic mass is 35.5. The first-order valence-electron chi connectivity index (χ1n) is 9.56. The summed E-state index contributed by atoms with van der Waals surface area (Å²) in [5.74, 6) is 0.702. The van der Waals surface area contributed by atoms with E-state index >= 15 is 0 Å². The number of imidazole rings is 1. The summed E-state index contributed by atoms with van der Waals surface area (Å²) >= 11 is 6.25. The molecule has 0 spiro atoms. The minimum atomic E-state index is 0.236. The van der Waals surface area contributed by atoms with E-state index in [-0.39, 0.29) is 5.91 Å². The molecule has 1 aromatic carbocycles. The lowest BCUT2D eigenvalue weighted by atomic mass is 10.0. The molecule has 1 unspecified atom stereocenters. The van der Waals surface area contributed by atoms with Gasteiger partial charge in [-0.15, -0.1) is 0 Å². The SMILES string of the molecule is CCCC1CC(=O)N(Cc2c(-c3ccc(C)cc3)nc3ccc(Cl)cn23)C1. The van der Waals surface area contributed by atoms with Crippen LogP contribution in [0.25, 0.3) is 16.9 Å². The van der Waals surface area contributed by atoms with E-state index in [0.717, 1.165) is 42.0 Å². The van der Waals surface area contributed by atoms with Crippen molar-refractivity contribution >= 4 is 23.2 Å². The first-order chi connectivity index (χ1) is 13.0. The van der Waals surface area contributed by atoms with Crippen molar-refractivity contribution in [3.63, 3.8) is 0 Å². The van der Waals surface area contributed by atoms with Crippen molar-refractivity contribution in [3.05, 3.63) is 58.9 Å². The number of amides is 1. The van der Waals surface area contributed by atoms with Crippen LogP contribution in [0.3, 0.4) is 0 Å². The Morgan fingerprint density at radius 3 is 2.70 bits per heavy atom. The van der Waals surface area contributed by atoms with E-state index in [9.17, 15) is 4.79 Å². The molecule has 4 rings (SSSR count). The molecule has 0 aliphatic carbocycles. The second-order valence-corrected chi connectivity index (χ2v) is 7.92. The van der Waals surface area contributed by atoms with E-state index in [1.165, 1.54) is 5.56 Å². The Labute approximate surface area is 164 Å². The van der Waals surface area contributed by atoms with Crippen LogP contribution in [0.2, 0.25) is 5.02 Å². The predicted molar refractivity (Wildman–Crippen MR) is 109 cm³/mol. The minimum absolute atomic E-state index is 0.236. The maximum atomic E-state index is 12.6. The number of hydrogen-bond acceptors (Lipinski definition) is 2. The molecule has 0 N–H and O–H groups in total. The Morgan fingerprint density at radius 2 is 1.96 bits per heavy atom. The molecule has 0 saturated carbocycles. The lowest BCUT2D eigenvalue weighted by Gasteiger charge is -2.17. The summed E-state index contributed by atoms with van der Waals surface area (Å²) in [6.45, 7) is 5.64. The molecule has 0 bridgehead atoms. The number of pyridine rings is 1. The zero-order chi connectivity index (χ0) is 19.0. The van der Waals surface area contributed by atoms with Crippen LogP contribution in [-0.2, 0) is 11.3 Å². The Morgan fingerprint density at radius 1 is 1.19 bits per heavy atom. The smallest absolute Gasteiger partial charge is 0.223 e. The van der Waals surface area contributed by atoms with Crippen LogP contribution in [0.15, 0.2) is 42.6 Å². The van der Waals surface area contributed by atoms with Gasteiger partial charge in [-0.05, 0) is 31.4 Å². The van der Waals surface area contributed by atoms with Gasteiger partial charge in [0.1, 0.15) is 5.65 Å². The third-order valence-corrected chi connectivity index (χ3v) is 5.56. The quantitative estimate of drug-likeness (QED) is 0.615. The van der Waals surface area contributed by atoms with E-state index < -0.39 is 0 Å². The molecule has 1 aliphatic heterocycles. The van der Waals surface area contributed by atoms with Crippen molar-refractivity contribution in [1.29, 1.82) is 0 Å². The van der Waals surface area contributed by atoms with Crippen molar-refractivity contribution in [2.45, 2.75) is 39.7 Å². The molecule has 3 aromatic rings. The number of carbonyl (C=O) groups is 1. The molecule has 1 saturated heterocycles. The molecule has 27 heavy (non-hydrogen) atoms. The molecule has 1 atom stereocenters. The van der Waals surface area contributed by atoms with Crippen molar-refractivity contribution in [1.82, 2.24) is 14.3 Å². The van der Waals surface area contributed by atoms with Crippen molar-refractivity contribution in [2.24, 2.45) is 5.92 Å². The van der Waals surface area contributed by atoms with Gasteiger partial charge in [-0.25, -0.2) is 4.98 Å². The Balaban J connectivity index is 1.75. The lowest BCUT2D eigenvalue weighted by molar-refractivity contribution is -0.128. The van der Waals surface area contributed by atoms with Crippen LogP contribution in [0, 0.1) is 12.8 Å². The number of halogens is 1. The number of aromatic nitrogens is 2. The largest absolute Gasteiger partial charge is 0.336 e. The predicted octanol–water partition coefficient (Wildman–Crippen LogP) is 5.11. The highest BCUT2D eigenvalue weighted by Crippen LogP contribution is 2.30. The fourth-order valence-electron chi connectivity index (χ4n) is 3.95. The number of rotatable bonds is 5. The molecule has 1 fully saturated rings. The van der Waals surface area contributed by atoms with Gasteiger partial charge < -0.3 is 9.30 Å². The van der Waals surface area contributed by atoms with Gasteiger partial charge in [-0.3, -0.25) is 4.79 Å². The second-order valence-electron chi connectivity index (χ2n) is 7.48. The third-order valence-electron chi connectivity index (χ3n) is 5.34. The molecule has 3 heterocycles. The maximum Gasteiger partial charge on any atom is 0.223 e. The first kappa shape index (κ1) is 18.1. The van der Waals surface area contributed by atoms with Gasteiger partial charge in [0.05, 0.1) is 23.0 Å². The summed E-state index contributed by atoms with van der Waals surface area (Å²) in [6, 6.07) is 12.1. The Bertz CT molecular complexity index is 977. The average Bonchev–Trinajstić information content (AvgIpc) is 3.17. The second kappa shape index (κ2) is 7.35. The highest BCUT2D eigenvalue weighted by Gasteiger charge is 2.30. The zero-order valence-electron chi connectivity index (χ0n) is 15.8. The van der Waals surface area contributed by atoms with Gasteiger partial charge >= 0.3 is 0 Å². The summed E-state index contributed by atoms with van der Waals surface area (Å²) in [4.78, 5) is 19.4. The molecular weight excluding hydrogens is 358 g/mol. The molecule has 2 aromatic heterocycles. The number of fused-ring (bicyclic) bond motifs is 1. The van der Waals surface area contributed by atoms with E-state index in [4.69, 9.17) is 16.6 Å². The molecule has 5 heteroatoms. The molecular formula is C22H24ClN3O. The van der Waals surface area contributed by atoms with Gasteiger partial charge in [0.2, 0.25) is 5.91 Å². The topological polar surface area (TPSA) is 37.6 Å². The van der Waals surface area contributed by atoms with Crippen molar-refractivity contribution in [2.75, 3.05) is 6.54 Å². The number of nitrogens with zero attached hydrogens (tertiary/aromatic N) is 3. The van der Waals surface area contributed by atoms with Crippen LogP contribution in [-0.4, -0.2) is 26.7 Å². The monoisotopic (exact) mass is 381 g/mol. The van der Waals surface area contributed by atoms with E-state index in [0.29, 0.717) is 23.9 Å². The van der Waals surface area contributed by atoms with Crippen LogP contribution < -0.4 is 0 Å². The Kier molecular flexibility index (Phi) is 4.92. The van der Waals surface area contributed by atoms with Crippen molar-refractivity contribution < 1.29 is 4.79 Å². The highest BCUT2D eigenvalue weighted by molar-refractivity contribution is 6.30. The van der Waals surface area contributed by atoms with Crippen LogP contribution in [0.1, 0.15) is 37.4 Å². The number of aryl methyl sites for hydroxylation is 1. The van der Waals surface area contributed by atoms with Crippen molar-refractivity contribution in [3.8, 4) is 11.3 Å². The van der Waals surface area contributed by atoms with Gasteiger partial charge in [-0.1, -0.05) is 54.8 Å². The van der Waals surface area contributed by atoms with E-state index in [1.807, 2.05) is 27.6 Å². The summed E-state index contributed by atoms with van der Waals surface area (Å²) in [6.07, 6.45) is 4.77. The van der Waals surface area contributed by atoms with Gasteiger partial charge in [0, 0.05) is 24.7 Å². The normalized spacial score (nSPS) is 17.2. The van der Waals surface area contributed by atoms with E-state index in [2.05, 4.69) is 38.1 Å². The molecule has 1 amide bonds. The van der Waals surface area contributed by atoms with E-state index in [1.54, 1.807) is 0 Å². The summed E-state index contributed by atoms with van der Waals surface area (Å²) < 4.78 is 2.03. The average molecular weight is 382 g/mol. The standard InChI is InChI=1S/C22H24ClN3O/c1-3-4-16-11-21(27)25(12-16)14-19-22(17-7-5-15(2)6-8-17)24-20-10-9-18(23)13-26(19)20/h5-10,13,16H,3-4,11-12,14H2,1-2H3. The number of benzene rings is 1. The fourth-order valence-corrected chi connectivity index (χ4v) is 4.11. The summed E-state index contributed by atoms with van der Waals surface area (Å²) in [7, 11) is 0. The van der Waals surface area contributed by atoms with Crippen LogP contribution in [0.5, 0.6) is 0 Å². The van der Waals surface area contributed by atoms with Gasteiger partial charge in [0.25, 0.3) is 0 Å². The van der Waals surface area contributed by atoms with Gasteiger partial charge in [-0.2, -0.15) is 0 Å². The minimum Gasteiger partial charge on any atom is -0.336 e. The Hall–Kier alpha value is -2.33. The zero-order valence-corrected chi connectivity index (χ0v) is 16.5. The molecule has 0 radical (unpaired) electrons. The van der Waals surface area contributed by atoms with Gasteiger partial charge in [0.15, 0.2) is 0 Å². The molecule has 4 nitrogen and oxygen atoms in total. The lowest BCUT2D eigenvalue weighted by Crippen LogP contribution is -2.25. The first-order valence-corrected chi connectivity index (χ1v) is 9.94. The van der Waals surface area contributed by atoms with Crippen LogP contribution in [0.4, 0.5) is 0 Å². The molecule has 1 aliphatic rings. The number of carbonyl (C=O) groups excluding carboxylic acids is 1. The van der Waals surface area contributed by atoms with Crippen LogP contribution >= 0.6 is 11.6 Å². The number of likely N-dealkylation sites (tertiary alicyclic amines) is 1. The maximum absolute atomic E-state index is 12.6. The summed E-state index contributed by atoms with van der Waals surface area (Å²) in [5.41, 5.74) is 5.06.